The Balaban J connectivity index is 2.20. The zero-order valence-corrected chi connectivity index (χ0v) is 8.18. The largest absolute Gasteiger partial charge is 0.337 e. The van der Waals surface area contributed by atoms with Crippen molar-refractivity contribution in [3.05, 3.63) is 18.2 Å². The molecule has 12 heavy (non-hydrogen) atoms. The highest BCUT2D eigenvalue weighted by Gasteiger charge is 1.97. The fourth-order valence-corrected chi connectivity index (χ4v) is 1.86. The molecule has 1 aromatic heterocycles. The number of hydrogen-bond acceptors (Lipinski definition) is 3. The molecule has 1 rings (SSSR count). The van der Waals surface area contributed by atoms with Crippen LogP contribution in [0.3, 0.4) is 0 Å². The normalized spacial score (nSPS) is 10.5. The van der Waals surface area contributed by atoms with Crippen molar-refractivity contribution in [3.63, 3.8) is 0 Å². The predicted molar refractivity (Wildman–Crippen MR) is 53.0 cm³/mol. The Morgan fingerprint density at radius 1 is 1.67 bits per heavy atom. The molecule has 0 aromatic carbocycles. The molecule has 0 atom stereocenters. The van der Waals surface area contributed by atoms with E-state index >= 15 is 0 Å². The van der Waals surface area contributed by atoms with Crippen molar-refractivity contribution in [1.29, 1.82) is 0 Å². The molecule has 0 aliphatic heterocycles. The van der Waals surface area contributed by atoms with Gasteiger partial charge in [-0.2, -0.15) is 11.8 Å². The van der Waals surface area contributed by atoms with Crippen LogP contribution in [0.5, 0.6) is 0 Å². The van der Waals surface area contributed by atoms with Crippen LogP contribution in [0.25, 0.3) is 0 Å². The average Bonchev–Trinajstić information content (AvgIpc) is 2.46. The second-order valence-corrected chi connectivity index (χ2v) is 3.75. The molecule has 1 heterocycles. The van der Waals surface area contributed by atoms with Crippen molar-refractivity contribution in [3.8, 4) is 0 Å². The quantitative estimate of drug-likeness (QED) is 0.696. The Bertz CT molecular complexity index is 222. The summed E-state index contributed by atoms with van der Waals surface area (Å²) >= 11 is 1.89. The van der Waals surface area contributed by atoms with Gasteiger partial charge in [0.15, 0.2) is 0 Å². The summed E-state index contributed by atoms with van der Waals surface area (Å²) < 4.78 is 2.05. The minimum atomic E-state index is 0.785. The lowest BCUT2D eigenvalue weighted by molar-refractivity contribution is 0.848. The first-order valence-corrected chi connectivity index (χ1v) is 5.24. The van der Waals surface area contributed by atoms with Gasteiger partial charge in [0, 0.05) is 19.4 Å². The highest BCUT2D eigenvalue weighted by atomic mass is 32.2. The fourth-order valence-electron chi connectivity index (χ4n) is 0.884. The van der Waals surface area contributed by atoms with E-state index in [1.807, 2.05) is 31.2 Å². The van der Waals surface area contributed by atoms with Gasteiger partial charge in [0.2, 0.25) is 0 Å². The Morgan fingerprint density at radius 2 is 2.50 bits per heavy atom. The molecule has 0 saturated heterocycles. The summed E-state index contributed by atoms with van der Waals surface area (Å²) in [4.78, 5) is 4.22. The van der Waals surface area contributed by atoms with E-state index < -0.39 is 0 Å². The van der Waals surface area contributed by atoms with E-state index in [1.54, 1.807) is 0 Å². The molecule has 0 spiro atoms. The van der Waals surface area contributed by atoms with Crippen LogP contribution >= 0.6 is 11.8 Å². The SMILES string of the molecule is Cn1ccnc1CSCCCN. The molecular weight excluding hydrogens is 170 g/mol. The molecule has 0 saturated carbocycles. The minimum absolute atomic E-state index is 0.785. The van der Waals surface area contributed by atoms with Crippen LogP contribution < -0.4 is 5.73 Å². The van der Waals surface area contributed by atoms with Gasteiger partial charge < -0.3 is 10.3 Å². The van der Waals surface area contributed by atoms with Crippen LogP contribution in [0.1, 0.15) is 12.2 Å². The van der Waals surface area contributed by atoms with Gasteiger partial charge in [-0.1, -0.05) is 0 Å². The number of rotatable bonds is 5. The minimum Gasteiger partial charge on any atom is -0.337 e. The standard InChI is InChI=1S/C8H15N3S/c1-11-5-4-10-8(11)7-12-6-2-3-9/h4-5H,2-3,6-7,9H2,1H3. The molecule has 68 valence electrons. The molecule has 0 radical (unpaired) electrons. The maximum absolute atomic E-state index is 5.38. The third-order valence-corrected chi connectivity index (χ3v) is 2.68. The van der Waals surface area contributed by atoms with E-state index in [0.717, 1.165) is 30.3 Å². The maximum atomic E-state index is 5.38. The molecule has 0 aliphatic rings. The number of nitrogens with zero attached hydrogens (tertiary/aromatic N) is 2. The number of hydrogen-bond donors (Lipinski definition) is 1. The second kappa shape index (κ2) is 5.22. The van der Waals surface area contributed by atoms with Crippen LogP contribution in [-0.2, 0) is 12.8 Å². The molecule has 0 bridgehead atoms. The second-order valence-electron chi connectivity index (χ2n) is 2.65. The predicted octanol–water partition coefficient (Wildman–Crippen LogP) is 1.00. The molecule has 1 aromatic rings. The zero-order valence-electron chi connectivity index (χ0n) is 7.36. The van der Waals surface area contributed by atoms with Gasteiger partial charge in [-0.25, -0.2) is 4.98 Å². The summed E-state index contributed by atoms with van der Waals surface area (Å²) in [6, 6.07) is 0. The Morgan fingerprint density at radius 3 is 3.08 bits per heavy atom. The molecule has 0 fully saturated rings. The number of thioether (sulfide) groups is 1. The van der Waals surface area contributed by atoms with E-state index in [0.29, 0.717) is 0 Å². The van der Waals surface area contributed by atoms with E-state index in [2.05, 4.69) is 9.55 Å². The number of imidazole rings is 1. The van der Waals surface area contributed by atoms with E-state index in [4.69, 9.17) is 5.73 Å². The summed E-state index contributed by atoms with van der Waals surface area (Å²) in [5.74, 6) is 3.25. The Hall–Kier alpha value is -0.480. The van der Waals surface area contributed by atoms with Crippen LogP contribution in [0.4, 0.5) is 0 Å². The number of aromatic nitrogens is 2. The lowest BCUT2D eigenvalue weighted by Crippen LogP contribution is -2.00. The first-order valence-electron chi connectivity index (χ1n) is 4.08. The first-order chi connectivity index (χ1) is 5.84. The lowest BCUT2D eigenvalue weighted by Gasteiger charge is -2.00. The van der Waals surface area contributed by atoms with Gasteiger partial charge in [0.25, 0.3) is 0 Å². The molecule has 4 heteroatoms. The van der Waals surface area contributed by atoms with Gasteiger partial charge in [0.05, 0.1) is 5.75 Å². The summed E-state index contributed by atoms with van der Waals surface area (Å²) in [6.07, 6.45) is 4.90. The van der Waals surface area contributed by atoms with Crippen molar-refractivity contribution >= 4 is 11.8 Å². The molecule has 2 N–H and O–H groups in total. The van der Waals surface area contributed by atoms with E-state index in [1.165, 1.54) is 0 Å². The molecular formula is C8H15N3S. The topological polar surface area (TPSA) is 43.8 Å². The van der Waals surface area contributed by atoms with Gasteiger partial charge >= 0.3 is 0 Å². The van der Waals surface area contributed by atoms with Crippen LogP contribution in [0.2, 0.25) is 0 Å². The highest BCUT2D eigenvalue weighted by Crippen LogP contribution is 2.09. The lowest BCUT2D eigenvalue weighted by atomic mass is 10.5. The fraction of sp³-hybridized carbons (Fsp3) is 0.625. The summed E-state index contributed by atoms with van der Waals surface area (Å²) in [5, 5.41) is 0. The van der Waals surface area contributed by atoms with Crippen molar-refractivity contribution < 1.29 is 0 Å². The van der Waals surface area contributed by atoms with Crippen molar-refractivity contribution in [2.45, 2.75) is 12.2 Å². The van der Waals surface area contributed by atoms with E-state index in [9.17, 15) is 0 Å². The Labute approximate surface area is 77.4 Å². The third-order valence-electron chi connectivity index (χ3n) is 1.64. The summed E-state index contributed by atoms with van der Waals surface area (Å²) in [7, 11) is 2.02. The van der Waals surface area contributed by atoms with Gasteiger partial charge in [-0.05, 0) is 18.7 Å². The van der Waals surface area contributed by atoms with Gasteiger partial charge in [0.1, 0.15) is 5.82 Å². The summed E-state index contributed by atoms with van der Waals surface area (Å²) in [5.41, 5.74) is 5.38. The first kappa shape index (κ1) is 9.61. The van der Waals surface area contributed by atoms with Gasteiger partial charge in [-0.15, -0.1) is 0 Å². The average molecular weight is 185 g/mol. The molecule has 0 unspecified atom stereocenters. The highest BCUT2D eigenvalue weighted by molar-refractivity contribution is 7.98. The smallest absolute Gasteiger partial charge is 0.118 e. The zero-order chi connectivity index (χ0) is 8.81. The molecule has 0 aliphatic carbocycles. The molecule has 3 nitrogen and oxygen atoms in total. The Kier molecular flexibility index (Phi) is 4.18. The van der Waals surface area contributed by atoms with Gasteiger partial charge in [-0.3, -0.25) is 0 Å². The van der Waals surface area contributed by atoms with Crippen LogP contribution in [0, 0.1) is 0 Å². The maximum Gasteiger partial charge on any atom is 0.118 e. The molecule has 0 amide bonds. The summed E-state index contributed by atoms with van der Waals surface area (Å²) in [6.45, 7) is 0.785. The van der Waals surface area contributed by atoms with Crippen molar-refractivity contribution in [2.75, 3.05) is 12.3 Å². The number of nitrogens with two attached hydrogens (primary N) is 1. The third kappa shape index (κ3) is 2.87. The monoisotopic (exact) mass is 185 g/mol. The van der Waals surface area contributed by atoms with Crippen molar-refractivity contribution in [1.82, 2.24) is 9.55 Å². The van der Waals surface area contributed by atoms with Crippen molar-refractivity contribution in [2.24, 2.45) is 12.8 Å². The van der Waals surface area contributed by atoms with Crippen LogP contribution in [0.15, 0.2) is 12.4 Å². The van der Waals surface area contributed by atoms with Crippen LogP contribution in [-0.4, -0.2) is 21.8 Å². The van der Waals surface area contributed by atoms with E-state index in [-0.39, 0.29) is 0 Å². The number of aryl methyl sites for hydroxylation is 1.